The zero-order valence-corrected chi connectivity index (χ0v) is 13.3. The molecule has 1 fully saturated rings. The van der Waals surface area contributed by atoms with Gasteiger partial charge in [-0.2, -0.15) is 0 Å². The average Bonchev–Trinajstić information content (AvgIpc) is 2.87. The standard InChI is InChI=1S/C16H20F2N2O3/c1-15(2,14(22)23-3)10-4-6-11(7-5-10)20-13(21)12-8-16(17,18)9-19-12/h4-7,12,19H,8-9H2,1-3H3,(H,20,21). The first-order valence-corrected chi connectivity index (χ1v) is 7.27. The molecule has 1 saturated heterocycles. The molecule has 2 N–H and O–H groups in total. The van der Waals surface area contributed by atoms with E-state index in [1.165, 1.54) is 7.11 Å². The molecule has 0 aromatic heterocycles. The van der Waals surface area contributed by atoms with E-state index in [2.05, 4.69) is 10.6 Å². The second-order valence-corrected chi connectivity index (χ2v) is 6.18. The van der Waals surface area contributed by atoms with Crippen LogP contribution < -0.4 is 10.6 Å². The molecule has 126 valence electrons. The number of hydrogen-bond acceptors (Lipinski definition) is 4. The summed E-state index contributed by atoms with van der Waals surface area (Å²) in [4.78, 5) is 23.7. The van der Waals surface area contributed by atoms with Gasteiger partial charge >= 0.3 is 5.97 Å². The van der Waals surface area contributed by atoms with E-state index < -0.39 is 36.3 Å². The van der Waals surface area contributed by atoms with E-state index in [-0.39, 0.29) is 5.97 Å². The number of alkyl halides is 2. The lowest BCUT2D eigenvalue weighted by Crippen LogP contribution is -2.35. The highest BCUT2D eigenvalue weighted by molar-refractivity contribution is 5.95. The molecular formula is C16H20F2N2O3. The first-order valence-electron chi connectivity index (χ1n) is 7.27. The number of nitrogens with one attached hydrogen (secondary N) is 2. The van der Waals surface area contributed by atoms with Crippen LogP contribution in [0.2, 0.25) is 0 Å². The molecule has 0 saturated carbocycles. The van der Waals surface area contributed by atoms with Gasteiger partial charge < -0.3 is 10.1 Å². The Labute approximate surface area is 133 Å². The molecule has 0 spiro atoms. The summed E-state index contributed by atoms with van der Waals surface area (Å²) in [5, 5.41) is 5.09. The van der Waals surface area contributed by atoms with Crippen LogP contribution in [-0.4, -0.2) is 37.5 Å². The number of ether oxygens (including phenoxy) is 1. The predicted octanol–water partition coefficient (Wildman–Crippen LogP) is 2.07. The molecule has 1 aliphatic rings. The van der Waals surface area contributed by atoms with E-state index in [9.17, 15) is 18.4 Å². The summed E-state index contributed by atoms with van der Waals surface area (Å²) < 4.78 is 31.0. The number of esters is 1. The number of rotatable bonds is 4. The zero-order chi connectivity index (χ0) is 17.3. The zero-order valence-electron chi connectivity index (χ0n) is 13.3. The highest BCUT2D eigenvalue weighted by atomic mass is 19.3. The van der Waals surface area contributed by atoms with Crippen LogP contribution in [0.25, 0.3) is 0 Å². The number of hydrogen-bond donors (Lipinski definition) is 2. The van der Waals surface area contributed by atoms with Crippen molar-refractivity contribution >= 4 is 17.6 Å². The largest absolute Gasteiger partial charge is 0.468 e. The van der Waals surface area contributed by atoms with Gasteiger partial charge in [-0.1, -0.05) is 12.1 Å². The summed E-state index contributed by atoms with van der Waals surface area (Å²) in [6.07, 6.45) is -0.508. The Balaban J connectivity index is 2.03. The predicted molar refractivity (Wildman–Crippen MR) is 81.5 cm³/mol. The van der Waals surface area contributed by atoms with Crippen molar-refractivity contribution in [1.82, 2.24) is 5.32 Å². The number of methoxy groups -OCH3 is 1. The third-order valence-electron chi connectivity index (χ3n) is 4.00. The van der Waals surface area contributed by atoms with Crippen LogP contribution in [0.3, 0.4) is 0 Å². The van der Waals surface area contributed by atoms with E-state index >= 15 is 0 Å². The van der Waals surface area contributed by atoms with Crippen molar-refractivity contribution < 1.29 is 23.1 Å². The van der Waals surface area contributed by atoms with Gasteiger partial charge in [-0.15, -0.1) is 0 Å². The van der Waals surface area contributed by atoms with Gasteiger partial charge in [0, 0.05) is 12.1 Å². The molecular weight excluding hydrogens is 306 g/mol. The van der Waals surface area contributed by atoms with Crippen LogP contribution in [0.15, 0.2) is 24.3 Å². The maximum absolute atomic E-state index is 13.1. The number of halogens is 2. The van der Waals surface area contributed by atoms with Gasteiger partial charge in [0.2, 0.25) is 5.91 Å². The van der Waals surface area contributed by atoms with E-state index in [0.717, 1.165) is 5.56 Å². The molecule has 2 rings (SSSR count). The van der Waals surface area contributed by atoms with Gasteiger partial charge in [0.05, 0.1) is 25.1 Å². The Morgan fingerprint density at radius 1 is 1.30 bits per heavy atom. The normalized spacial score (nSPS) is 20.1. The van der Waals surface area contributed by atoms with Crippen LogP contribution in [-0.2, 0) is 19.7 Å². The third kappa shape index (κ3) is 3.85. The molecule has 0 bridgehead atoms. The highest BCUT2D eigenvalue weighted by Gasteiger charge is 2.42. The molecule has 1 atom stereocenters. The van der Waals surface area contributed by atoms with Crippen molar-refractivity contribution in [2.45, 2.75) is 37.6 Å². The van der Waals surface area contributed by atoms with Crippen molar-refractivity contribution in [3.05, 3.63) is 29.8 Å². The van der Waals surface area contributed by atoms with Crippen LogP contribution in [0.5, 0.6) is 0 Å². The molecule has 1 heterocycles. The second kappa shape index (κ2) is 6.23. The molecule has 1 amide bonds. The van der Waals surface area contributed by atoms with E-state index in [0.29, 0.717) is 5.69 Å². The number of anilines is 1. The van der Waals surface area contributed by atoms with Crippen molar-refractivity contribution in [1.29, 1.82) is 0 Å². The van der Waals surface area contributed by atoms with Gasteiger partial charge in [0.1, 0.15) is 0 Å². The molecule has 1 aliphatic heterocycles. The Morgan fingerprint density at radius 3 is 2.39 bits per heavy atom. The van der Waals surface area contributed by atoms with Crippen molar-refractivity contribution in [3.63, 3.8) is 0 Å². The Hall–Kier alpha value is -2.02. The molecule has 1 aromatic rings. The fourth-order valence-corrected chi connectivity index (χ4v) is 2.47. The summed E-state index contributed by atoms with van der Waals surface area (Å²) >= 11 is 0. The summed E-state index contributed by atoms with van der Waals surface area (Å²) in [7, 11) is 1.32. The van der Waals surface area contributed by atoms with Crippen LogP contribution in [0, 0.1) is 0 Å². The summed E-state index contributed by atoms with van der Waals surface area (Å²) in [6, 6.07) is 5.75. The van der Waals surface area contributed by atoms with Gasteiger partial charge in [-0.05, 0) is 31.5 Å². The maximum Gasteiger partial charge on any atom is 0.315 e. The van der Waals surface area contributed by atoms with Crippen molar-refractivity contribution in [3.8, 4) is 0 Å². The van der Waals surface area contributed by atoms with Crippen molar-refractivity contribution in [2.75, 3.05) is 19.0 Å². The molecule has 1 aromatic carbocycles. The summed E-state index contributed by atoms with van der Waals surface area (Å²) in [5.74, 6) is -3.72. The third-order valence-corrected chi connectivity index (χ3v) is 4.00. The monoisotopic (exact) mass is 326 g/mol. The van der Waals surface area contributed by atoms with Crippen LogP contribution in [0.1, 0.15) is 25.8 Å². The SMILES string of the molecule is COC(=O)C(C)(C)c1ccc(NC(=O)C2CC(F)(F)CN2)cc1. The molecule has 0 radical (unpaired) electrons. The highest BCUT2D eigenvalue weighted by Crippen LogP contribution is 2.27. The van der Waals surface area contributed by atoms with Crippen LogP contribution >= 0.6 is 0 Å². The number of carbonyl (C=O) groups is 2. The summed E-state index contributed by atoms with van der Waals surface area (Å²) in [6.45, 7) is 2.98. The Morgan fingerprint density at radius 2 is 1.91 bits per heavy atom. The fraction of sp³-hybridized carbons (Fsp3) is 0.500. The topological polar surface area (TPSA) is 67.4 Å². The first kappa shape index (κ1) is 17.3. The van der Waals surface area contributed by atoms with E-state index in [1.807, 2.05) is 0 Å². The van der Waals surface area contributed by atoms with E-state index in [4.69, 9.17) is 4.74 Å². The lowest BCUT2D eigenvalue weighted by molar-refractivity contribution is -0.146. The number of amides is 1. The minimum absolute atomic E-state index is 0.369. The van der Waals surface area contributed by atoms with Gasteiger partial charge in [-0.25, -0.2) is 8.78 Å². The smallest absolute Gasteiger partial charge is 0.315 e. The minimum atomic E-state index is -2.85. The maximum atomic E-state index is 13.1. The quantitative estimate of drug-likeness (QED) is 0.831. The molecule has 5 nitrogen and oxygen atoms in total. The summed E-state index contributed by atoms with van der Waals surface area (Å²) in [5.41, 5.74) is 0.399. The van der Waals surface area contributed by atoms with Crippen molar-refractivity contribution in [2.24, 2.45) is 0 Å². The molecule has 1 unspecified atom stereocenters. The lowest BCUT2D eigenvalue weighted by Gasteiger charge is -2.22. The second-order valence-electron chi connectivity index (χ2n) is 6.18. The lowest BCUT2D eigenvalue weighted by atomic mass is 9.85. The van der Waals surface area contributed by atoms with Gasteiger partial charge in [-0.3, -0.25) is 14.9 Å². The van der Waals surface area contributed by atoms with Crippen LogP contribution in [0.4, 0.5) is 14.5 Å². The van der Waals surface area contributed by atoms with E-state index in [1.54, 1.807) is 38.1 Å². The average molecular weight is 326 g/mol. The number of benzene rings is 1. The number of carbonyl (C=O) groups excluding carboxylic acids is 2. The molecule has 0 aliphatic carbocycles. The fourth-order valence-electron chi connectivity index (χ4n) is 2.47. The Kier molecular flexibility index (Phi) is 4.70. The molecule has 7 heteroatoms. The van der Waals surface area contributed by atoms with Gasteiger partial charge in [0.25, 0.3) is 5.92 Å². The molecule has 23 heavy (non-hydrogen) atoms. The minimum Gasteiger partial charge on any atom is -0.468 e. The Bertz CT molecular complexity index is 600. The van der Waals surface area contributed by atoms with Gasteiger partial charge in [0.15, 0.2) is 0 Å². The first-order chi connectivity index (χ1) is 10.7.